The molecule has 1 heterocycles. The molecule has 0 aromatic heterocycles. The monoisotopic (exact) mass is 442 g/mol. The summed E-state index contributed by atoms with van der Waals surface area (Å²) in [6.07, 6.45) is 4.90. The lowest BCUT2D eigenvalue weighted by atomic mass is 10.0. The van der Waals surface area contributed by atoms with Gasteiger partial charge in [0.15, 0.2) is 5.78 Å². The van der Waals surface area contributed by atoms with Crippen molar-refractivity contribution in [1.82, 2.24) is 9.84 Å². The van der Waals surface area contributed by atoms with Crippen molar-refractivity contribution in [3.8, 4) is 5.75 Å². The Bertz CT molecular complexity index is 1020. The standard InChI is InChI=1S/C24H30N2O4S/c1-18-5-2-3-7-23(18)31(28,29)25-26-15-14-19(17-26)6-4-16-30-22-12-10-21(11-13-22)24(27)20-8-9-20/h2-3,5,7,10-13,19-20,25H,4,6,8-9,14-17H2,1H3/t19-/m1/s1. The molecule has 1 saturated heterocycles. The fraction of sp³-hybridized carbons (Fsp3) is 0.458. The van der Waals surface area contributed by atoms with E-state index < -0.39 is 10.0 Å². The summed E-state index contributed by atoms with van der Waals surface area (Å²) in [7, 11) is -3.54. The number of sulfonamides is 1. The molecule has 0 unspecified atom stereocenters. The molecule has 0 radical (unpaired) electrons. The summed E-state index contributed by atoms with van der Waals surface area (Å²) in [5.74, 6) is 1.71. The minimum atomic E-state index is -3.54. The van der Waals surface area contributed by atoms with Crippen molar-refractivity contribution in [2.45, 2.75) is 43.9 Å². The minimum Gasteiger partial charge on any atom is -0.494 e. The summed E-state index contributed by atoms with van der Waals surface area (Å²) in [6.45, 7) is 3.84. The molecule has 2 aromatic rings. The van der Waals surface area contributed by atoms with Gasteiger partial charge in [-0.25, -0.2) is 13.4 Å². The van der Waals surface area contributed by atoms with E-state index in [1.165, 1.54) is 0 Å². The van der Waals surface area contributed by atoms with Gasteiger partial charge in [0.25, 0.3) is 10.0 Å². The molecule has 1 atom stereocenters. The fourth-order valence-electron chi connectivity index (χ4n) is 4.09. The number of carbonyl (C=O) groups is 1. The van der Waals surface area contributed by atoms with Crippen LogP contribution in [0.15, 0.2) is 53.4 Å². The van der Waals surface area contributed by atoms with E-state index in [-0.39, 0.29) is 11.7 Å². The van der Waals surface area contributed by atoms with Crippen LogP contribution in [0.4, 0.5) is 0 Å². The Balaban J connectivity index is 1.18. The molecule has 1 N–H and O–H groups in total. The zero-order valence-electron chi connectivity index (χ0n) is 17.9. The summed E-state index contributed by atoms with van der Waals surface area (Å²) in [5, 5.41) is 1.81. The third-order valence-electron chi connectivity index (χ3n) is 6.03. The Morgan fingerprint density at radius 1 is 1.10 bits per heavy atom. The first kappa shape index (κ1) is 22.0. The van der Waals surface area contributed by atoms with Crippen molar-refractivity contribution in [1.29, 1.82) is 0 Å². The van der Waals surface area contributed by atoms with Crippen LogP contribution in [0.2, 0.25) is 0 Å². The molecule has 0 amide bonds. The van der Waals surface area contributed by atoms with E-state index in [4.69, 9.17) is 4.74 Å². The molecule has 1 aliphatic heterocycles. The van der Waals surface area contributed by atoms with Crippen molar-refractivity contribution in [2.75, 3.05) is 19.7 Å². The van der Waals surface area contributed by atoms with Crippen molar-refractivity contribution < 1.29 is 17.9 Å². The molecule has 0 spiro atoms. The van der Waals surface area contributed by atoms with Gasteiger partial charge in [-0.05, 0) is 80.8 Å². The summed E-state index contributed by atoms with van der Waals surface area (Å²) in [6, 6.07) is 14.5. The lowest BCUT2D eigenvalue weighted by molar-refractivity contribution is 0.0967. The zero-order valence-corrected chi connectivity index (χ0v) is 18.7. The molecule has 2 aliphatic rings. The fourth-order valence-corrected chi connectivity index (χ4v) is 5.44. The summed E-state index contributed by atoms with van der Waals surface area (Å²) < 4.78 is 31.1. The summed E-state index contributed by atoms with van der Waals surface area (Å²) >= 11 is 0. The molecule has 7 heteroatoms. The number of hydrogen-bond acceptors (Lipinski definition) is 5. The van der Waals surface area contributed by atoms with Gasteiger partial charge in [-0.1, -0.05) is 18.2 Å². The van der Waals surface area contributed by atoms with E-state index in [1.54, 1.807) is 25.1 Å². The van der Waals surface area contributed by atoms with Crippen molar-refractivity contribution in [3.05, 3.63) is 59.7 Å². The molecule has 166 valence electrons. The number of ketones is 1. The Hall–Kier alpha value is -2.22. The number of aryl methyl sites for hydroxylation is 1. The lowest BCUT2D eigenvalue weighted by Gasteiger charge is -2.18. The Labute approximate surface area is 184 Å². The highest BCUT2D eigenvalue weighted by molar-refractivity contribution is 7.89. The van der Waals surface area contributed by atoms with E-state index >= 15 is 0 Å². The van der Waals surface area contributed by atoms with E-state index in [0.717, 1.165) is 49.0 Å². The van der Waals surface area contributed by atoms with Gasteiger partial charge in [0.1, 0.15) is 5.75 Å². The quantitative estimate of drug-likeness (QED) is 0.445. The SMILES string of the molecule is Cc1ccccc1S(=O)(=O)NN1CC[C@@H](CCCOc2ccc(C(=O)C3CC3)cc2)C1. The van der Waals surface area contributed by atoms with Gasteiger partial charge in [-0.2, -0.15) is 0 Å². The summed E-state index contributed by atoms with van der Waals surface area (Å²) in [5.41, 5.74) is 1.52. The van der Waals surface area contributed by atoms with Crippen LogP contribution in [0.3, 0.4) is 0 Å². The van der Waals surface area contributed by atoms with Crippen molar-refractivity contribution in [3.63, 3.8) is 0 Å². The number of ether oxygens (including phenoxy) is 1. The molecular weight excluding hydrogens is 412 g/mol. The van der Waals surface area contributed by atoms with Crippen LogP contribution in [0.25, 0.3) is 0 Å². The third-order valence-corrected chi connectivity index (χ3v) is 7.57. The van der Waals surface area contributed by atoms with Gasteiger partial charge in [-0.15, -0.1) is 4.83 Å². The number of Topliss-reactive ketones (excluding diaryl/α,β-unsaturated/α-hetero) is 1. The number of hydrazine groups is 1. The topological polar surface area (TPSA) is 75.7 Å². The maximum absolute atomic E-state index is 12.6. The maximum Gasteiger partial charge on any atom is 0.253 e. The minimum absolute atomic E-state index is 0.235. The number of carbonyl (C=O) groups excluding carboxylic acids is 1. The largest absolute Gasteiger partial charge is 0.494 e. The molecule has 6 nitrogen and oxygen atoms in total. The smallest absolute Gasteiger partial charge is 0.253 e. The average Bonchev–Trinajstić information content (AvgIpc) is 3.52. The molecule has 1 saturated carbocycles. The summed E-state index contributed by atoms with van der Waals surface area (Å²) in [4.78, 5) is 15.1. The first-order valence-corrected chi connectivity index (χ1v) is 12.5. The van der Waals surface area contributed by atoms with Crippen LogP contribution in [-0.2, 0) is 10.0 Å². The number of benzene rings is 2. The molecular formula is C24H30N2O4S. The predicted molar refractivity (Wildman–Crippen MR) is 119 cm³/mol. The highest BCUT2D eigenvalue weighted by Crippen LogP contribution is 2.33. The molecule has 4 rings (SSSR count). The van der Waals surface area contributed by atoms with E-state index in [1.807, 2.05) is 35.3 Å². The average molecular weight is 443 g/mol. The van der Waals surface area contributed by atoms with E-state index in [0.29, 0.717) is 30.5 Å². The number of hydrogen-bond donors (Lipinski definition) is 1. The molecule has 0 bridgehead atoms. The molecule has 1 aliphatic carbocycles. The van der Waals surface area contributed by atoms with Crippen LogP contribution in [0.5, 0.6) is 5.75 Å². The Kier molecular flexibility index (Phi) is 6.74. The highest BCUT2D eigenvalue weighted by atomic mass is 32.2. The molecule has 31 heavy (non-hydrogen) atoms. The molecule has 2 aromatic carbocycles. The van der Waals surface area contributed by atoms with Crippen molar-refractivity contribution >= 4 is 15.8 Å². The first-order valence-electron chi connectivity index (χ1n) is 11.0. The van der Waals surface area contributed by atoms with E-state index in [9.17, 15) is 13.2 Å². The molecule has 2 fully saturated rings. The predicted octanol–water partition coefficient (Wildman–Crippen LogP) is 3.96. The van der Waals surface area contributed by atoms with Gasteiger partial charge < -0.3 is 4.74 Å². The second-order valence-corrected chi connectivity index (χ2v) is 10.2. The number of rotatable bonds is 10. The van der Waals surface area contributed by atoms with Crippen LogP contribution in [-0.4, -0.2) is 38.9 Å². The number of nitrogens with one attached hydrogen (secondary N) is 1. The van der Waals surface area contributed by atoms with Gasteiger partial charge >= 0.3 is 0 Å². The Morgan fingerprint density at radius 2 is 1.84 bits per heavy atom. The van der Waals surface area contributed by atoms with Crippen molar-refractivity contribution in [2.24, 2.45) is 11.8 Å². The van der Waals surface area contributed by atoms with Crippen LogP contribution < -0.4 is 9.57 Å². The lowest BCUT2D eigenvalue weighted by Crippen LogP contribution is -2.40. The van der Waals surface area contributed by atoms with Gasteiger partial charge in [-0.3, -0.25) is 4.79 Å². The second kappa shape index (κ2) is 9.51. The third kappa shape index (κ3) is 5.73. The zero-order chi connectivity index (χ0) is 21.8. The second-order valence-electron chi connectivity index (χ2n) is 8.61. The van der Waals surface area contributed by atoms with Crippen LogP contribution in [0.1, 0.15) is 48.0 Å². The Morgan fingerprint density at radius 3 is 2.55 bits per heavy atom. The van der Waals surface area contributed by atoms with E-state index in [2.05, 4.69) is 4.83 Å². The van der Waals surface area contributed by atoms with Gasteiger partial charge in [0.2, 0.25) is 0 Å². The highest BCUT2D eigenvalue weighted by Gasteiger charge is 2.30. The van der Waals surface area contributed by atoms with Gasteiger partial charge in [0.05, 0.1) is 11.5 Å². The normalized spacial score (nSPS) is 19.5. The van der Waals surface area contributed by atoms with Crippen LogP contribution >= 0.6 is 0 Å². The van der Waals surface area contributed by atoms with Gasteiger partial charge in [0, 0.05) is 24.6 Å². The van der Waals surface area contributed by atoms with Crippen LogP contribution in [0, 0.1) is 18.8 Å². The maximum atomic E-state index is 12.6. The number of nitrogens with zero attached hydrogens (tertiary/aromatic N) is 1. The first-order chi connectivity index (χ1) is 14.9.